The quantitative estimate of drug-likeness (QED) is 0.763. The lowest BCUT2D eigenvalue weighted by atomic mass is 10.1. The van der Waals surface area contributed by atoms with E-state index in [-0.39, 0.29) is 18.8 Å². The number of nitrogens with zero attached hydrogens (tertiary/aromatic N) is 2. The Morgan fingerprint density at radius 2 is 2.38 bits per heavy atom. The molecule has 0 spiro atoms. The van der Waals surface area contributed by atoms with Crippen LogP contribution < -0.4 is 5.73 Å². The van der Waals surface area contributed by atoms with Gasteiger partial charge in [0.1, 0.15) is 6.61 Å². The van der Waals surface area contributed by atoms with Crippen LogP contribution in [0.4, 0.5) is 0 Å². The van der Waals surface area contributed by atoms with Gasteiger partial charge in [-0.05, 0) is 25.7 Å². The molecule has 2 N–H and O–H groups in total. The second-order valence-corrected chi connectivity index (χ2v) is 5.03. The Labute approximate surface area is 97.3 Å². The average molecular weight is 223 g/mol. The lowest BCUT2D eigenvalue weighted by Gasteiger charge is -2.36. The second-order valence-electron chi connectivity index (χ2n) is 5.03. The lowest BCUT2D eigenvalue weighted by Crippen LogP contribution is -2.49. The van der Waals surface area contributed by atoms with Gasteiger partial charge in [-0.15, -0.1) is 0 Å². The molecule has 0 radical (unpaired) electrons. The van der Waals surface area contributed by atoms with E-state index < -0.39 is 0 Å². The first-order valence-electron chi connectivity index (χ1n) is 6.18. The first-order valence-corrected chi connectivity index (χ1v) is 6.18. The van der Waals surface area contributed by atoms with Gasteiger partial charge in [0, 0.05) is 18.6 Å². The summed E-state index contributed by atoms with van der Waals surface area (Å²) in [5.41, 5.74) is 6.22. The van der Waals surface area contributed by atoms with Crippen molar-refractivity contribution in [2.24, 2.45) is 11.7 Å². The van der Waals surface area contributed by atoms with Crippen LogP contribution in [0.1, 0.15) is 26.7 Å². The molecule has 5 atom stereocenters. The molecule has 2 aliphatic rings. The van der Waals surface area contributed by atoms with Crippen LogP contribution in [0.5, 0.6) is 0 Å². The van der Waals surface area contributed by atoms with Crippen molar-refractivity contribution < 1.29 is 4.74 Å². The molecule has 2 fully saturated rings. The normalized spacial score (nSPS) is 39.9. The number of nitriles is 1. The highest BCUT2D eigenvalue weighted by Gasteiger charge is 2.52. The van der Waals surface area contributed by atoms with Gasteiger partial charge in [0.25, 0.3) is 0 Å². The van der Waals surface area contributed by atoms with Crippen LogP contribution in [-0.2, 0) is 4.74 Å². The summed E-state index contributed by atoms with van der Waals surface area (Å²) in [5, 5.41) is 8.56. The second kappa shape index (κ2) is 4.70. The molecule has 1 saturated heterocycles. The number of rotatable bonds is 4. The fraction of sp³-hybridized carbons (Fsp3) is 0.917. The van der Waals surface area contributed by atoms with Crippen molar-refractivity contribution in [3.63, 3.8) is 0 Å². The summed E-state index contributed by atoms with van der Waals surface area (Å²) in [4.78, 5) is 2.47. The van der Waals surface area contributed by atoms with Crippen LogP contribution in [0.25, 0.3) is 0 Å². The van der Waals surface area contributed by atoms with Crippen LogP contribution in [0.3, 0.4) is 0 Å². The summed E-state index contributed by atoms with van der Waals surface area (Å²) in [6.07, 6.45) is 2.34. The van der Waals surface area contributed by atoms with E-state index in [1.54, 1.807) is 0 Å². The minimum atomic E-state index is 0.169. The van der Waals surface area contributed by atoms with Crippen molar-refractivity contribution in [1.29, 1.82) is 5.26 Å². The zero-order valence-electron chi connectivity index (χ0n) is 10.1. The van der Waals surface area contributed by atoms with Crippen LogP contribution in [-0.4, -0.2) is 42.3 Å². The minimum Gasteiger partial charge on any atom is -0.362 e. The van der Waals surface area contributed by atoms with Crippen molar-refractivity contribution in [3.05, 3.63) is 0 Å². The van der Waals surface area contributed by atoms with Crippen molar-refractivity contribution in [1.82, 2.24) is 4.90 Å². The van der Waals surface area contributed by atoms with E-state index in [0.717, 1.165) is 19.4 Å². The van der Waals surface area contributed by atoms with Gasteiger partial charge in [0.15, 0.2) is 0 Å². The van der Waals surface area contributed by atoms with E-state index in [4.69, 9.17) is 15.7 Å². The van der Waals surface area contributed by atoms with E-state index in [9.17, 15) is 0 Å². The Kier molecular flexibility index (Phi) is 3.48. The summed E-state index contributed by atoms with van der Waals surface area (Å²) in [6, 6.07) is 3.17. The highest BCUT2D eigenvalue weighted by atomic mass is 16.5. The summed E-state index contributed by atoms with van der Waals surface area (Å²) >= 11 is 0. The van der Waals surface area contributed by atoms with Crippen LogP contribution in [0.15, 0.2) is 0 Å². The molecule has 0 amide bonds. The van der Waals surface area contributed by atoms with Crippen molar-refractivity contribution in [2.75, 3.05) is 13.2 Å². The van der Waals surface area contributed by atoms with Crippen molar-refractivity contribution >= 4 is 0 Å². The summed E-state index contributed by atoms with van der Waals surface area (Å²) < 4.78 is 5.60. The molecule has 1 unspecified atom stereocenters. The molecule has 1 heterocycles. The SMILES string of the molecule is CCC(C)N1C[C@H]2C[C@H](OCC#N)[C@@H]1[C@@H]2N. The van der Waals surface area contributed by atoms with Crippen molar-refractivity contribution in [2.45, 2.75) is 50.9 Å². The third kappa shape index (κ3) is 1.84. The Morgan fingerprint density at radius 1 is 1.62 bits per heavy atom. The summed E-state index contributed by atoms with van der Waals surface area (Å²) in [7, 11) is 0. The third-order valence-electron chi connectivity index (χ3n) is 4.20. The highest BCUT2D eigenvalue weighted by Crippen LogP contribution is 2.40. The van der Waals surface area contributed by atoms with E-state index in [2.05, 4.69) is 18.7 Å². The first-order chi connectivity index (χ1) is 7.69. The van der Waals surface area contributed by atoms with E-state index in [0.29, 0.717) is 18.0 Å². The van der Waals surface area contributed by atoms with E-state index >= 15 is 0 Å². The Balaban J connectivity index is 2.03. The molecule has 1 saturated carbocycles. The van der Waals surface area contributed by atoms with Gasteiger partial charge in [-0.3, -0.25) is 4.90 Å². The molecule has 4 heteroatoms. The largest absolute Gasteiger partial charge is 0.362 e. The fourth-order valence-corrected chi connectivity index (χ4v) is 3.16. The molecule has 2 rings (SSSR count). The lowest BCUT2D eigenvalue weighted by molar-refractivity contribution is -0.0102. The maximum absolute atomic E-state index is 8.56. The number of piperidine rings is 1. The molecule has 1 aliphatic heterocycles. The molecule has 4 nitrogen and oxygen atoms in total. The Hall–Kier alpha value is -0.630. The zero-order valence-corrected chi connectivity index (χ0v) is 10.1. The fourth-order valence-electron chi connectivity index (χ4n) is 3.16. The molecule has 1 aliphatic carbocycles. The maximum Gasteiger partial charge on any atom is 0.134 e. The van der Waals surface area contributed by atoms with Gasteiger partial charge in [0.2, 0.25) is 0 Å². The molecule has 16 heavy (non-hydrogen) atoms. The monoisotopic (exact) mass is 223 g/mol. The van der Waals surface area contributed by atoms with E-state index in [1.165, 1.54) is 0 Å². The van der Waals surface area contributed by atoms with Gasteiger partial charge in [-0.1, -0.05) is 6.92 Å². The van der Waals surface area contributed by atoms with Gasteiger partial charge in [0.05, 0.1) is 18.2 Å². The Morgan fingerprint density at radius 3 is 2.94 bits per heavy atom. The zero-order chi connectivity index (χ0) is 11.7. The van der Waals surface area contributed by atoms with Crippen LogP contribution in [0.2, 0.25) is 0 Å². The topological polar surface area (TPSA) is 62.3 Å². The third-order valence-corrected chi connectivity index (χ3v) is 4.20. The molecule has 2 bridgehead atoms. The van der Waals surface area contributed by atoms with Gasteiger partial charge in [-0.25, -0.2) is 0 Å². The Bertz CT molecular complexity index is 288. The molecule has 0 aromatic heterocycles. The highest BCUT2D eigenvalue weighted by molar-refractivity contribution is 5.08. The van der Waals surface area contributed by atoms with Crippen molar-refractivity contribution in [3.8, 4) is 6.07 Å². The summed E-state index contributed by atoms with van der Waals surface area (Å²) in [5.74, 6) is 0.558. The standard InChI is InChI=1S/C12H21N3O/c1-3-8(2)15-7-9-6-10(16-5-4-13)12(15)11(9)14/h8-12H,3,5-7,14H2,1-2H3/t8?,9-,10+,11-,12-/m1/s1. The number of nitrogens with two attached hydrogens (primary N) is 1. The number of fused-ring (bicyclic) bond motifs is 2. The first kappa shape index (κ1) is 11.8. The number of ether oxygens (including phenoxy) is 1. The predicted octanol–water partition coefficient (Wildman–Crippen LogP) is 0.725. The number of hydrogen-bond acceptors (Lipinski definition) is 4. The van der Waals surface area contributed by atoms with Crippen LogP contribution in [0, 0.1) is 17.2 Å². The van der Waals surface area contributed by atoms with Gasteiger partial charge in [-0.2, -0.15) is 5.26 Å². The molecular weight excluding hydrogens is 202 g/mol. The molecule has 0 aromatic rings. The number of likely N-dealkylation sites (tertiary alicyclic amines) is 1. The average Bonchev–Trinajstić information content (AvgIpc) is 2.78. The smallest absolute Gasteiger partial charge is 0.134 e. The summed E-state index contributed by atoms with van der Waals surface area (Å²) in [6.45, 7) is 5.74. The molecule has 90 valence electrons. The number of hydrogen-bond donors (Lipinski definition) is 1. The minimum absolute atomic E-state index is 0.169. The molecular formula is C12H21N3O. The maximum atomic E-state index is 8.56. The predicted molar refractivity (Wildman–Crippen MR) is 61.7 cm³/mol. The van der Waals surface area contributed by atoms with Gasteiger partial charge < -0.3 is 10.5 Å². The van der Waals surface area contributed by atoms with Gasteiger partial charge >= 0.3 is 0 Å². The van der Waals surface area contributed by atoms with E-state index in [1.807, 2.05) is 6.07 Å². The molecule has 0 aromatic carbocycles. The van der Waals surface area contributed by atoms with Crippen LogP contribution >= 0.6 is 0 Å².